The fourth-order valence-electron chi connectivity index (χ4n) is 4.06. The van der Waals surface area contributed by atoms with Gasteiger partial charge in [-0.05, 0) is 53.1 Å². The van der Waals surface area contributed by atoms with E-state index in [4.69, 9.17) is 9.47 Å². The first-order valence-corrected chi connectivity index (χ1v) is 10.8. The third kappa shape index (κ3) is 4.17. The number of anilines is 2. The van der Waals surface area contributed by atoms with Crippen LogP contribution in [-0.4, -0.2) is 29.8 Å². The summed E-state index contributed by atoms with van der Waals surface area (Å²) in [5, 5.41) is 5.59. The van der Waals surface area contributed by atoms with Crippen LogP contribution in [-0.2, 0) is 4.74 Å². The molecule has 3 aromatic carbocycles. The molecular weight excluding hydrogens is 416 g/mol. The number of fused-ring (bicyclic) bond motifs is 1. The molecule has 0 unspecified atom stereocenters. The molecule has 1 aromatic heterocycles. The predicted octanol–water partition coefficient (Wildman–Crippen LogP) is 5.51. The monoisotopic (exact) mass is 440 g/mol. The quantitative estimate of drug-likeness (QED) is 0.426. The SMILES string of the molecule is COc1ccc2cc([C@H](C)Nc3nccc(N4C(=O)OC[C@H]4c4ccccc4)n3)ccc2c1. The van der Waals surface area contributed by atoms with E-state index in [9.17, 15) is 4.79 Å². The van der Waals surface area contributed by atoms with Crippen LogP contribution >= 0.6 is 0 Å². The summed E-state index contributed by atoms with van der Waals surface area (Å²) in [6.45, 7) is 2.34. The van der Waals surface area contributed by atoms with Crippen molar-refractivity contribution in [3.63, 3.8) is 0 Å². The van der Waals surface area contributed by atoms with Crippen LogP contribution in [0.3, 0.4) is 0 Å². The van der Waals surface area contributed by atoms with Crippen molar-refractivity contribution in [2.45, 2.75) is 19.0 Å². The molecular formula is C26H24N4O3. The van der Waals surface area contributed by atoms with Gasteiger partial charge < -0.3 is 14.8 Å². The summed E-state index contributed by atoms with van der Waals surface area (Å²) in [5.41, 5.74) is 2.10. The highest BCUT2D eigenvalue weighted by Crippen LogP contribution is 2.32. The molecule has 0 spiro atoms. The Hall–Kier alpha value is -4.13. The van der Waals surface area contributed by atoms with Gasteiger partial charge in [0.1, 0.15) is 24.2 Å². The Balaban J connectivity index is 1.38. The van der Waals surface area contributed by atoms with Crippen LogP contribution in [0, 0.1) is 0 Å². The zero-order valence-corrected chi connectivity index (χ0v) is 18.4. The van der Waals surface area contributed by atoms with Gasteiger partial charge in [0.2, 0.25) is 5.95 Å². The zero-order chi connectivity index (χ0) is 22.8. The molecule has 1 fully saturated rings. The number of hydrogen-bond donors (Lipinski definition) is 1. The molecule has 1 N–H and O–H groups in total. The highest BCUT2D eigenvalue weighted by Gasteiger charge is 2.36. The van der Waals surface area contributed by atoms with Gasteiger partial charge in [-0.1, -0.05) is 48.5 Å². The average molecular weight is 441 g/mol. The summed E-state index contributed by atoms with van der Waals surface area (Å²) in [4.78, 5) is 23.1. The van der Waals surface area contributed by atoms with Gasteiger partial charge in [-0.25, -0.2) is 9.78 Å². The summed E-state index contributed by atoms with van der Waals surface area (Å²) in [6, 6.07) is 23.6. The predicted molar refractivity (Wildman–Crippen MR) is 128 cm³/mol. The molecule has 4 aromatic rings. The van der Waals surface area contributed by atoms with Gasteiger partial charge in [0.25, 0.3) is 0 Å². The number of nitrogens with one attached hydrogen (secondary N) is 1. The second-order valence-electron chi connectivity index (χ2n) is 7.95. The van der Waals surface area contributed by atoms with Crippen molar-refractivity contribution in [1.82, 2.24) is 9.97 Å². The van der Waals surface area contributed by atoms with Crippen LogP contribution in [0.4, 0.5) is 16.6 Å². The molecule has 0 radical (unpaired) electrons. The van der Waals surface area contributed by atoms with Crippen LogP contribution in [0.2, 0.25) is 0 Å². The van der Waals surface area contributed by atoms with Crippen molar-refractivity contribution in [3.05, 3.63) is 90.1 Å². The third-order valence-electron chi connectivity index (χ3n) is 5.86. The van der Waals surface area contributed by atoms with Crippen LogP contribution < -0.4 is 15.0 Å². The smallest absolute Gasteiger partial charge is 0.416 e. The molecule has 166 valence electrons. The van der Waals surface area contributed by atoms with E-state index < -0.39 is 6.09 Å². The number of carbonyl (C=O) groups is 1. The summed E-state index contributed by atoms with van der Waals surface area (Å²) < 4.78 is 10.6. The highest BCUT2D eigenvalue weighted by molar-refractivity contribution is 5.89. The first kappa shape index (κ1) is 20.8. The van der Waals surface area contributed by atoms with Crippen molar-refractivity contribution in [2.24, 2.45) is 0 Å². The Morgan fingerprint density at radius 3 is 2.67 bits per heavy atom. The second-order valence-corrected chi connectivity index (χ2v) is 7.95. The van der Waals surface area contributed by atoms with Crippen molar-refractivity contribution < 1.29 is 14.3 Å². The molecule has 2 atom stereocenters. The van der Waals surface area contributed by atoms with E-state index in [1.807, 2.05) is 48.5 Å². The molecule has 1 amide bonds. The van der Waals surface area contributed by atoms with Gasteiger partial charge in [-0.15, -0.1) is 0 Å². The number of amides is 1. The van der Waals surface area contributed by atoms with Crippen molar-refractivity contribution >= 4 is 28.6 Å². The minimum atomic E-state index is -0.411. The first-order valence-electron chi connectivity index (χ1n) is 10.8. The molecule has 1 aliphatic rings. The van der Waals surface area contributed by atoms with Gasteiger partial charge in [0.15, 0.2) is 0 Å². The number of carbonyl (C=O) groups excluding carboxylic acids is 1. The van der Waals surface area contributed by atoms with Gasteiger partial charge in [-0.2, -0.15) is 4.98 Å². The van der Waals surface area contributed by atoms with E-state index in [2.05, 4.69) is 40.4 Å². The number of cyclic esters (lactones) is 1. The molecule has 0 bridgehead atoms. The number of ether oxygens (including phenoxy) is 2. The minimum Gasteiger partial charge on any atom is -0.497 e. The lowest BCUT2D eigenvalue weighted by molar-refractivity contribution is 0.179. The topological polar surface area (TPSA) is 76.6 Å². The summed E-state index contributed by atoms with van der Waals surface area (Å²) >= 11 is 0. The summed E-state index contributed by atoms with van der Waals surface area (Å²) in [7, 11) is 1.67. The lowest BCUT2D eigenvalue weighted by atomic mass is 10.0. The van der Waals surface area contributed by atoms with Crippen molar-refractivity contribution in [3.8, 4) is 5.75 Å². The molecule has 7 nitrogen and oxygen atoms in total. The lowest BCUT2D eigenvalue weighted by Gasteiger charge is -2.21. The normalized spacial score (nSPS) is 16.5. The van der Waals surface area contributed by atoms with E-state index in [0.717, 1.165) is 27.6 Å². The number of benzene rings is 3. The number of aromatic nitrogens is 2. The lowest BCUT2D eigenvalue weighted by Crippen LogP contribution is -2.28. The molecule has 33 heavy (non-hydrogen) atoms. The Morgan fingerprint density at radius 2 is 1.85 bits per heavy atom. The molecule has 0 saturated carbocycles. The van der Waals surface area contributed by atoms with Crippen LogP contribution in [0.25, 0.3) is 10.8 Å². The fourth-order valence-corrected chi connectivity index (χ4v) is 4.06. The van der Waals surface area contributed by atoms with E-state index >= 15 is 0 Å². The Kier molecular flexibility index (Phi) is 5.52. The maximum Gasteiger partial charge on any atom is 0.416 e. The van der Waals surface area contributed by atoms with Crippen LogP contribution in [0.1, 0.15) is 30.1 Å². The largest absolute Gasteiger partial charge is 0.497 e. The van der Waals surface area contributed by atoms with E-state index in [1.165, 1.54) is 0 Å². The Bertz CT molecular complexity index is 1300. The number of methoxy groups -OCH3 is 1. The third-order valence-corrected chi connectivity index (χ3v) is 5.86. The maximum atomic E-state index is 12.5. The van der Waals surface area contributed by atoms with E-state index in [-0.39, 0.29) is 18.7 Å². The Labute approximate surface area is 192 Å². The molecule has 2 heterocycles. The highest BCUT2D eigenvalue weighted by atomic mass is 16.6. The molecule has 5 rings (SSSR count). The fraction of sp³-hybridized carbons (Fsp3) is 0.192. The van der Waals surface area contributed by atoms with Gasteiger partial charge in [0.05, 0.1) is 13.2 Å². The summed E-state index contributed by atoms with van der Waals surface area (Å²) in [5.74, 6) is 1.78. The number of hydrogen-bond acceptors (Lipinski definition) is 6. The van der Waals surface area contributed by atoms with Gasteiger partial charge in [0, 0.05) is 6.20 Å². The van der Waals surface area contributed by atoms with E-state index in [0.29, 0.717) is 11.8 Å². The summed E-state index contributed by atoms with van der Waals surface area (Å²) in [6.07, 6.45) is 1.24. The number of nitrogens with zero attached hydrogens (tertiary/aromatic N) is 3. The molecule has 1 saturated heterocycles. The van der Waals surface area contributed by atoms with Gasteiger partial charge in [-0.3, -0.25) is 4.90 Å². The molecule has 1 aliphatic heterocycles. The average Bonchev–Trinajstić information content (AvgIpc) is 3.25. The maximum absolute atomic E-state index is 12.5. The van der Waals surface area contributed by atoms with Crippen molar-refractivity contribution in [2.75, 3.05) is 23.9 Å². The van der Waals surface area contributed by atoms with Crippen LogP contribution in [0.15, 0.2) is 79.0 Å². The second kappa shape index (κ2) is 8.78. The molecule has 7 heteroatoms. The number of rotatable bonds is 6. The minimum absolute atomic E-state index is 0.0396. The van der Waals surface area contributed by atoms with Crippen LogP contribution in [0.5, 0.6) is 5.75 Å². The van der Waals surface area contributed by atoms with Gasteiger partial charge >= 0.3 is 6.09 Å². The molecule has 0 aliphatic carbocycles. The standard InChI is InChI=1S/C26H24N4O3/c1-17(19-8-9-21-15-22(32-2)11-10-20(21)14-19)28-25-27-13-12-24(29-25)30-23(16-33-26(30)31)18-6-4-3-5-7-18/h3-15,17,23H,16H2,1-2H3,(H,27,28,29)/t17-,23-/m0/s1. The first-order chi connectivity index (χ1) is 16.1. The Morgan fingerprint density at radius 1 is 1.06 bits per heavy atom. The zero-order valence-electron chi connectivity index (χ0n) is 18.4. The van der Waals surface area contributed by atoms with E-state index in [1.54, 1.807) is 24.3 Å². The van der Waals surface area contributed by atoms with Crippen molar-refractivity contribution in [1.29, 1.82) is 0 Å².